The van der Waals surface area contributed by atoms with Gasteiger partial charge in [0.2, 0.25) is 0 Å². The number of amides is 1. The highest BCUT2D eigenvalue weighted by atomic mass is 16.2. The van der Waals surface area contributed by atoms with Crippen molar-refractivity contribution in [2.75, 3.05) is 7.05 Å². The lowest BCUT2D eigenvalue weighted by molar-refractivity contribution is 0.0780. The zero-order chi connectivity index (χ0) is 14.8. The molecule has 21 heavy (non-hydrogen) atoms. The Hall–Kier alpha value is -2.28. The molecule has 0 radical (unpaired) electrons. The van der Waals surface area contributed by atoms with Crippen molar-refractivity contribution in [1.29, 1.82) is 0 Å². The molecule has 1 aliphatic heterocycles. The van der Waals surface area contributed by atoms with E-state index in [1.807, 2.05) is 0 Å². The molecule has 0 aromatic carbocycles. The first-order chi connectivity index (χ1) is 10.2. The second-order valence-electron chi connectivity index (χ2n) is 5.19. The van der Waals surface area contributed by atoms with Crippen LogP contribution in [0.2, 0.25) is 0 Å². The standard InChI is InChI=1S/C14H18N6O/c1-19(9-13-18-17-12-3-2-6-20(12)13)14(21)10-4-5-16-11(7-10)8-15/h4-5,7H,2-3,6,8-9,15H2,1H3. The number of hydrogen-bond acceptors (Lipinski definition) is 5. The maximum atomic E-state index is 12.4. The molecule has 0 saturated carbocycles. The lowest BCUT2D eigenvalue weighted by atomic mass is 10.2. The predicted molar refractivity (Wildman–Crippen MR) is 76.3 cm³/mol. The summed E-state index contributed by atoms with van der Waals surface area (Å²) in [5, 5.41) is 8.33. The van der Waals surface area contributed by atoms with Crippen LogP contribution < -0.4 is 5.73 Å². The largest absolute Gasteiger partial charge is 0.334 e. The smallest absolute Gasteiger partial charge is 0.254 e. The van der Waals surface area contributed by atoms with Crippen molar-refractivity contribution in [2.45, 2.75) is 32.5 Å². The van der Waals surface area contributed by atoms with E-state index in [4.69, 9.17) is 5.73 Å². The molecule has 0 fully saturated rings. The Morgan fingerprint density at radius 1 is 1.48 bits per heavy atom. The Balaban J connectivity index is 1.75. The second kappa shape index (κ2) is 5.61. The van der Waals surface area contributed by atoms with Gasteiger partial charge in [0.05, 0.1) is 12.2 Å². The summed E-state index contributed by atoms with van der Waals surface area (Å²) in [5.41, 5.74) is 6.86. The van der Waals surface area contributed by atoms with Gasteiger partial charge in [-0.3, -0.25) is 9.78 Å². The highest BCUT2D eigenvalue weighted by molar-refractivity contribution is 5.94. The number of carbonyl (C=O) groups excluding carboxylic acids is 1. The Morgan fingerprint density at radius 2 is 2.33 bits per heavy atom. The van der Waals surface area contributed by atoms with Gasteiger partial charge in [-0.2, -0.15) is 0 Å². The number of aromatic nitrogens is 4. The third-order valence-corrected chi connectivity index (χ3v) is 3.68. The molecule has 0 unspecified atom stereocenters. The molecule has 2 N–H and O–H groups in total. The fraction of sp³-hybridized carbons (Fsp3) is 0.429. The number of nitrogens with zero attached hydrogens (tertiary/aromatic N) is 5. The molecule has 1 amide bonds. The number of nitrogens with two attached hydrogens (primary N) is 1. The average molecular weight is 286 g/mol. The Kier molecular flexibility index (Phi) is 3.66. The van der Waals surface area contributed by atoms with Crippen LogP contribution in [0, 0.1) is 0 Å². The molecular weight excluding hydrogens is 268 g/mol. The van der Waals surface area contributed by atoms with Crippen LogP contribution in [0.5, 0.6) is 0 Å². The van der Waals surface area contributed by atoms with E-state index in [1.54, 1.807) is 30.3 Å². The van der Waals surface area contributed by atoms with E-state index in [-0.39, 0.29) is 5.91 Å². The quantitative estimate of drug-likeness (QED) is 0.876. The van der Waals surface area contributed by atoms with Crippen LogP contribution in [-0.4, -0.2) is 37.6 Å². The lowest BCUT2D eigenvalue weighted by Crippen LogP contribution is -2.28. The molecule has 0 saturated heterocycles. The van der Waals surface area contributed by atoms with Gasteiger partial charge in [-0.25, -0.2) is 0 Å². The van der Waals surface area contributed by atoms with E-state index in [0.717, 1.165) is 31.0 Å². The predicted octanol–water partition coefficient (Wildman–Crippen LogP) is 0.350. The van der Waals surface area contributed by atoms with Gasteiger partial charge in [-0.1, -0.05) is 0 Å². The molecular formula is C14H18N6O. The number of fused-ring (bicyclic) bond motifs is 1. The number of pyridine rings is 1. The minimum atomic E-state index is -0.0672. The molecule has 3 heterocycles. The van der Waals surface area contributed by atoms with Crippen molar-refractivity contribution in [3.63, 3.8) is 0 Å². The summed E-state index contributed by atoms with van der Waals surface area (Å²) in [6.45, 7) is 1.71. The normalized spacial score (nSPS) is 13.2. The van der Waals surface area contributed by atoms with Gasteiger partial charge in [0.15, 0.2) is 5.82 Å². The summed E-state index contributed by atoms with van der Waals surface area (Å²) in [4.78, 5) is 18.2. The third kappa shape index (κ3) is 2.64. The minimum Gasteiger partial charge on any atom is -0.334 e. The van der Waals surface area contributed by atoms with E-state index in [2.05, 4.69) is 19.7 Å². The highest BCUT2D eigenvalue weighted by Gasteiger charge is 2.20. The molecule has 0 aliphatic carbocycles. The van der Waals surface area contributed by atoms with Crippen molar-refractivity contribution in [1.82, 2.24) is 24.6 Å². The van der Waals surface area contributed by atoms with Crippen molar-refractivity contribution in [2.24, 2.45) is 5.73 Å². The van der Waals surface area contributed by atoms with E-state index in [9.17, 15) is 4.79 Å². The van der Waals surface area contributed by atoms with E-state index >= 15 is 0 Å². The first kappa shape index (κ1) is 13.7. The van der Waals surface area contributed by atoms with Crippen molar-refractivity contribution in [3.05, 3.63) is 41.2 Å². The molecule has 0 spiro atoms. The maximum absolute atomic E-state index is 12.4. The van der Waals surface area contributed by atoms with Crippen LogP contribution in [0.4, 0.5) is 0 Å². The number of carbonyl (C=O) groups is 1. The lowest BCUT2D eigenvalue weighted by Gasteiger charge is -2.17. The van der Waals surface area contributed by atoms with E-state index in [0.29, 0.717) is 24.3 Å². The fourth-order valence-corrected chi connectivity index (χ4v) is 2.55. The fourth-order valence-electron chi connectivity index (χ4n) is 2.55. The monoisotopic (exact) mass is 286 g/mol. The Morgan fingerprint density at radius 3 is 3.14 bits per heavy atom. The summed E-state index contributed by atoms with van der Waals surface area (Å²) >= 11 is 0. The molecule has 0 atom stereocenters. The van der Waals surface area contributed by atoms with Gasteiger partial charge in [0.25, 0.3) is 5.91 Å². The first-order valence-electron chi connectivity index (χ1n) is 7.00. The van der Waals surface area contributed by atoms with Crippen LogP contribution in [0.25, 0.3) is 0 Å². The zero-order valence-electron chi connectivity index (χ0n) is 12.0. The number of rotatable bonds is 4. The minimum absolute atomic E-state index is 0.0672. The van der Waals surface area contributed by atoms with Crippen LogP contribution >= 0.6 is 0 Å². The third-order valence-electron chi connectivity index (χ3n) is 3.68. The Labute approximate surface area is 122 Å². The molecule has 1 aliphatic rings. The molecule has 3 rings (SSSR count). The van der Waals surface area contributed by atoms with Gasteiger partial charge >= 0.3 is 0 Å². The van der Waals surface area contributed by atoms with Crippen LogP contribution in [0.15, 0.2) is 18.3 Å². The molecule has 0 bridgehead atoms. The topological polar surface area (TPSA) is 89.9 Å². The Bertz CT molecular complexity index is 665. The first-order valence-corrected chi connectivity index (χ1v) is 7.00. The van der Waals surface area contributed by atoms with Crippen LogP contribution in [0.1, 0.15) is 34.1 Å². The second-order valence-corrected chi connectivity index (χ2v) is 5.19. The molecule has 110 valence electrons. The zero-order valence-corrected chi connectivity index (χ0v) is 12.0. The molecule has 7 heteroatoms. The number of aryl methyl sites for hydroxylation is 1. The molecule has 2 aromatic heterocycles. The van der Waals surface area contributed by atoms with Gasteiger partial charge in [-0.05, 0) is 18.6 Å². The van der Waals surface area contributed by atoms with Crippen molar-refractivity contribution < 1.29 is 4.79 Å². The maximum Gasteiger partial charge on any atom is 0.254 e. The van der Waals surface area contributed by atoms with Crippen molar-refractivity contribution >= 4 is 5.91 Å². The molecule has 2 aromatic rings. The summed E-state index contributed by atoms with van der Waals surface area (Å²) in [6.07, 6.45) is 3.67. The van der Waals surface area contributed by atoms with Crippen molar-refractivity contribution in [3.8, 4) is 0 Å². The van der Waals surface area contributed by atoms with Gasteiger partial charge in [0, 0.05) is 38.3 Å². The van der Waals surface area contributed by atoms with E-state index < -0.39 is 0 Å². The van der Waals surface area contributed by atoms with Gasteiger partial charge in [-0.15, -0.1) is 10.2 Å². The van der Waals surface area contributed by atoms with Gasteiger partial charge in [0.1, 0.15) is 5.82 Å². The van der Waals surface area contributed by atoms with E-state index in [1.165, 1.54) is 0 Å². The van der Waals surface area contributed by atoms with Gasteiger partial charge < -0.3 is 15.2 Å². The summed E-state index contributed by atoms with van der Waals surface area (Å²) in [7, 11) is 1.77. The average Bonchev–Trinajstić information content (AvgIpc) is 3.11. The van der Waals surface area contributed by atoms with Crippen LogP contribution in [0.3, 0.4) is 0 Å². The number of hydrogen-bond donors (Lipinski definition) is 1. The summed E-state index contributed by atoms with van der Waals surface area (Å²) in [6, 6.07) is 3.43. The molecule has 7 nitrogen and oxygen atoms in total. The summed E-state index contributed by atoms with van der Waals surface area (Å²) < 4.78 is 2.10. The summed E-state index contributed by atoms with van der Waals surface area (Å²) in [5.74, 6) is 1.79. The highest BCUT2D eigenvalue weighted by Crippen LogP contribution is 2.15. The van der Waals surface area contributed by atoms with Crippen LogP contribution in [-0.2, 0) is 26.1 Å². The SMILES string of the molecule is CN(Cc1nnc2n1CCC2)C(=O)c1ccnc(CN)c1.